The van der Waals surface area contributed by atoms with Gasteiger partial charge in [0.05, 0.1) is 12.7 Å². The molecule has 1 aromatic rings. The molecule has 1 atom stereocenters. The summed E-state index contributed by atoms with van der Waals surface area (Å²) >= 11 is 0. The summed E-state index contributed by atoms with van der Waals surface area (Å²) in [7, 11) is 0. The van der Waals surface area contributed by atoms with E-state index in [2.05, 4.69) is 11.4 Å². The first-order chi connectivity index (χ1) is 9.92. The number of rotatable bonds is 8. The van der Waals surface area contributed by atoms with Gasteiger partial charge in [-0.05, 0) is 51.7 Å². The quantitative estimate of drug-likeness (QED) is 0.738. The first-order valence-corrected chi connectivity index (χ1v) is 7.50. The number of benzene rings is 1. The minimum Gasteiger partial charge on any atom is -0.493 e. The lowest BCUT2D eigenvalue weighted by molar-refractivity contribution is 0.268. The zero-order chi connectivity index (χ0) is 15.9. The van der Waals surface area contributed by atoms with Crippen molar-refractivity contribution in [2.24, 2.45) is 0 Å². The third-order valence-corrected chi connectivity index (χ3v) is 3.54. The first-order valence-electron chi connectivity index (χ1n) is 7.50. The monoisotopic (exact) mass is 292 g/mol. The van der Waals surface area contributed by atoms with Gasteiger partial charge in [0.1, 0.15) is 17.1 Å². The van der Waals surface area contributed by atoms with E-state index < -0.39 is 5.54 Å². The Labute approximate surface area is 127 Å². The summed E-state index contributed by atoms with van der Waals surface area (Å²) in [6, 6.07) is 7.52. The number of hydrogen-bond donors (Lipinski definition) is 1. The van der Waals surface area contributed by atoms with Gasteiger partial charge in [0.25, 0.3) is 0 Å². The molecule has 0 aliphatic rings. The summed E-state index contributed by atoms with van der Waals surface area (Å²) < 4.78 is 19.0. The average Bonchev–Trinajstić information content (AvgIpc) is 2.45. The van der Waals surface area contributed by atoms with E-state index in [1.54, 1.807) is 19.1 Å². The number of halogens is 1. The molecule has 0 amide bonds. The lowest BCUT2D eigenvalue weighted by Gasteiger charge is -2.29. The lowest BCUT2D eigenvalue weighted by Crippen LogP contribution is -2.47. The highest BCUT2D eigenvalue weighted by Gasteiger charge is 2.27. The number of nitrogens with zero attached hydrogens (tertiary/aromatic N) is 1. The number of aryl methyl sites for hydroxylation is 1. The van der Waals surface area contributed by atoms with Crippen LogP contribution in [0.4, 0.5) is 4.39 Å². The Morgan fingerprint density at radius 1 is 1.43 bits per heavy atom. The van der Waals surface area contributed by atoms with Crippen molar-refractivity contribution < 1.29 is 9.13 Å². The van der Waals surface area contributed by atoms with Gasteiger partial charge >= 0.3 is 0 Å². The highest BCUT2D eigenvalue weighted by Crippen LogP contribution is 2.19. The van der Waals surface area contributed by atoms with Crippen molar-refractivity contribution in [1.29, 1.82) is 5.26 Å². The topological polar surface area (TPSA) is 45.0 Å². The van der Waals surface area contributed by atoms with E-state index >= 15 is 0 Å². The Kier molecular flexibility index (Phi) is 6.64. The van der Waals surface area contributed by atoms with E-state index in [1.165, 1.54) is 6.07 Å². The van der Waals surface area contributed by atoms with Gasteiger partial charge in [0.15, 0.2) is 0 Å². The van der Waals surface area contributed by atoms with E-state index in [0.717, 1.165) is 12.8 Å². The molecule has 0 saturated carbocycles. The second-order valence-corrected chi connectivity index (χ2v) is 5.71. The molecule has 0 aliphatic heterocycles. The normalized spacial score (nSPS) is 13.8. The van der Waals surface area contributed by atoms with Crippen LogP contribution >= 0.6 is 0 Å². The highest BCUT2D eigenvalue weighted by molar-refractivity contribution is 5.27. The van der Waals surface area contributed by atoms with Gasteiger partial charge in [0, 0.05) is 12.1 Å². The fourth-order valence-electron chi connectivity index (χ4n) is 2.30. The molecule has 0 radical (unpaired) electrons. The number of ether oxygens (including phenoxy) is 1. The molecule has 0 aromatic heterocycles. The van der Waals surface area contributed by atoms with Gasteiger partial charge in [-0.3, -0.25) is 5.32 Å². The lowest BCUT2D eigenvalue weighted by atomic mass is 9.91. The maximum Gasteiger partial charge on any atom is 0.129 e. The summed E-state index contributed by atoms with van der Waals surface area (Å²) in [5, 5.41) is 12.7. The number of nitriles is 1. The van der Waals surface area contributed by atoms with E-state index in [9.17, 15) is 9.65 Å². The van der Waals surface area contributed by atoms with Crippen molar-refractivity contribution in [3.05, 3.63) is 29.6 Å². The summed E-state index contributed by atoms with van der Waals surface area (Å²) in [4.78, 5) is 0. The molecular formula is C17H25FN2O. The molecule has 116 valence electrons. The third-order valence-electron chi connectivity index (χ3n) is 3.54. The molecule has 0 fully saturated rings. The predicted octanol–water partition coefficient (Wildman–Crippen LogP) is 3.96. The molecule has 0 spiro atoms. The molecule has 1 aromatic carbocycles. The molecular weight excluding hydrogens is 267 g/mol. The van der Waals surface area contributed by atoms with Crippen LogP contribution in [0.3, 0.4) is 0 Å². The Balaban J connectivity index is 2.48. The van der Waals surface area contributed by atoms with Crippen molar-refractivity contribution in [3.8, 4) is 11.8 Å². The second-order valence-electron chi connectivity index (χ2n) is 5.71. The van der Waals surface area contributed by atoms with E-state index in [4.69, 9.17) is 4.74 Å². The van der Waals surface area contributed by atoms with Crippen LogP contribution in [-0.4, -0.2) is 18.2 Å². The van der Waals surface area contributed by atoms with Crippen molar-refractivity contribution in [3.63, 3.8) is 0 Å². The molecule has 1 rings (SSSR count). The van der Waals surface area contributed by atoms with Crippen molar-refractivity contribution >= 4 is 0 Å². The first kappa shape index (κ1) is 17.5. The summed E-state index contributed by atoms with van der Waals surface area (Å²) in [6.45, 7) is 8.28. The Bertz CT molecular complexity index is 496. The van der Waals surface area contributed by atoms with Crippen LogP contribution in [0.2, 0.25) is 0 Å². The molecule has 4 heteroatoms. The molecule has 3 nitrogen and oxygen atoms in total. The van der Waals surface area contributed by atoms with Gasteiger partial charge < -0.3 is 4.74 Å². The number of hydrogen-bond acceptors (Lipinski definition) is 3. The molecule has 0 saturated heterocycles. The SMILES string of the molecule is CCC(C#N)(CCCOc1ccc(C)c(F)c1)NC(C)C. The molecule has 1 unspecified atom stereocenters. The average molecular weight is 292 g/mol. The van der Waals surface area contributed by atoms with Gasteiger partial charge in [-0.15, -0.1) is 0 Å². The standard InChI is InChI=1S/C17H25FN2O/c1-5-17(12-19,20-13(2)3)9-6-10-21-15-8-7-14(4)16(18)11-15/h7-8,11,13,20H,5-6,9-10H2,1-4H3. The van der Waals surface area contributed by atoms with Gasteiger partial charge in [0.2, 0.25) is 0 Å². The Hall–Kier alpha value is -1.60. The minimum atomic E-state index is -0.504. The van der Waals surface area contributed by atoms with Gasteiger partial charge in [-0.1, -0.05) is 13.0 Å². The Morgan fingerprint density at radius 2 is 2.14 bits per heavy atom. The highest BCUT2D eigenvalue weighted by atomic mass is 19.1. The molecule has 21 heavy (non-hydrogen) atoms. The van der Waals surface area contributed by atoms with Crippen LogP contribution < -0.4 is 10.1 Å². The maximum atomic E-state index is 13.4. The van der Waals surface area contributed by atoms with Crippen LogP contribution in [0.25, 0.3) is 0 Å². The van der Waals surface area contributed by atoms with E-state index in [1.807, 2.05) is 20.8 Å². The molecule has 0 aliphatic carbocycles. The van der Waals surface area contributed by atoms with Crippen molar-refractivity contribution in [2.45, 2.75) is 58.5 Å². The summed E-state index contributed by atoms with van der Waals surface area (Å²) in [5.74, 6) is 0.280. The summed E-state index contributed by atoms with van der Waals surface area (Å²) in [5.41, 5.74) is 0.105. The maximum absolute atomic E-state index is 13.4. The van der Waals surface area contributed by atoms with Crippen LogP contribution in [-0.2, 0) is 0 Å². The third kappa shape index (κ3) is 5.35. The predicted molar refractivity (Wildman–Crippen MR) is 82.8 cm³/mol. The van der Waals surface area contributed by atoms with Crippen molar-refractivity contribution in [2.75, 3.05) is 6.61 Å². The van der Waals surface area contributed by atoms with Crippen molar-refractivity contribution in [1.82, 2.24) is 5.32 Å². The molecule has 0 heterocycles. The van der Waals surface area contributed by atoms with Crippen LogP contribution in [0, 0.1) is 24.1 Å². The molecule has 0 bridgehead atoms. The Morgan fingerprint density at radius 3 is 2.67 bits per heavy atom. The summed E-state index contributed by atoms with van der Waals surface area (Å²) in [6.07, 6.45) is 2.21. The van der Waals surface area contributed by atoms with E-state index in [0.29, 0.717) is 24.3 Å². The van der Waals surface area contributed by atoms with Crippen LogP contribution in [0.1, 0.15) is 45.6 Å². The zero-order valence-electron chi connectivity index (χ0n) is 13.4. The molecule has 1 N–H and O–H groups in total. The zero-order valence-corrected chi connectivity index (χ0v) is 13.4. The van der Waals surface area contributed by atoms with Gasteiger partial charge in [-0.2, -0.15) is 5.26 Å². The number of nitrogens with one attached hydrogen (secondary N) is 1. The van der Waals surface area contributed by atoms with Gasteiger partial charge in [-0.25, -0.2) is 4.39 Å². The minimum absolute atomic E-state index is 0.256. The fourth-order valence-corrected chi connectivity index (χ4v) is 2.30. The fraction of sp³-hybridized carbons (Fsp3) is 0.588. The largest absolute Gasteiger partial charge is 0.493 e. The second kappa shape index (κ2) is 7.99. The van der Waals surface area contributed by atoms with Crippen LogP contribution in [0.15, 0.2) is 18.2 Å². The van der Waals surface area contributed by atoms with Crippen LogP contribution in [0.5, 0.6) is 5.75 Å². The smallest absolute Gasteiger partial charge is 0.129 e. The van der Waals surface area contributed by atoms with E-state index in [-0.39, 0.29) is 11.9 Å².